The molecule has 0 aliphatic rings. The number of benzene rings is 2. The van der Waals surface area contributed by atoms with Gasteiger partial charge < -0.3 is 15.7 Å². The Bertz CT molecular complexity index is 788. The molecule has 0 aliphatic carbocycles. The molecule has 0 heterocycles. The van der Waals surface area contributed by atoms with Crippen LogP contribution in [-0.4, -0.2) is 29.4 Å². The van der Waals surface area contributed by atoms with Crippen LogP contribution in [0.15, 0.2) is 60.7 Å². The van der Waals surface area contributed by atoms with Gasteiger partial charge in [-0.25, -0.2) is 0 Å². The maximum absolute atomic E-state index is 12.5. The molecule has 0 aromatic heterocycles. The monoisotopic (exact) mass is 368 g/mol. The van der Waals surface area contributed by atoms with Crippen LogP contribution >= 0.6 is 0 Å². The quantitative estimate of drug-likeness (QED) is 0.668. The van der Waals surface area contributed by atoms with E-state index in [2.05, 4.69) is 10.6 Å². The molecule has 0 bridgehead atoms. The molecule has 0 spiro atoms. The summed E-state index contributed by atoms with van der Waals surface area (Å²) in [7, 11) is 0. The van der Waals surface area contributed by atoms with E-state index in [9.17, 15) is 14.4 Å². The first-order chi connectivity index (χ1) is 12.8. The summed E-state index contributed by atoms with van der Waals surface area (Å²) in [5.41, 5.74) is 0.242. The number of carboxylic acids is 1. The average molecular weight is 368 g/mol. The second-order valence-electron chi connectivity index (χ2n) is 6.97. The van der Waals surface area contributed by atoms with Gasteiger partial charge in [-0.3, -0.25) is 14.4 Å². The number of nitrogens with one attached hydrogen (secondary N) is 2. The van der Waals surface area contributed by atoms with Gasteiger partial charge in [-0.15, -0.1) is 0 Å². The maximum atomic E-state index is 12.5. The van der Waals surface area contributed by atoms with E-state index in [1.165, 1.54) is 0 Å². The third kappa shape index (κ3) is 5.95. The fourth-order valence-electron chi connectivity index (χ4n) is 2.42. The molecule has 0 saturated carbocycles. The molecule has 2 rings (SSSR count). The Morgan fingerprint density at radius 2 is 1.52 bits per heavy atom. The summed E-state index contributed by atoms with van der Waals surface area (Å²) in [6, 6.07) is 17.4. The molecule has 2 aromatic carbocycles. The van der Waals surface area contributed by atoms with Crippen LogP contribution in [0.1, 0.15) is 42.2 Å². The first-order valence-corrected chi connectivity index (χ1v) is 8.70. The average Bonchev–Trinajstić information content (AvgIpc) is 2.67. The van der Waals surface area contributed by atoms with Crippen molar-refractivity contribution in [3.8, 4) is 0 Å². The van der Waals surface area contributed by atoms with Gasteiger partial charge in [-0.1, -0.05) is 48.5 Å². The molecule has 6 nitrogen and oxygen atoms in total. The van der Waals surface area contributed by atoms with E-state index < -0.39 is 17.4 Å². The number of rotatable bonds is 8. The fourth-order valence-corrected chi connectivity index (χ4v) is 2.42. The second-order valence-corrected chi connectivity index (χ2v) is 6.97. The van der Waals surface area contributed by atoms with E-state index >= 15 is 0 Å². The Hall–Kier alpha value is -3.15. The Kier molecular flexibility index (Phi) is 6.71. The van der Waals surface area contributed by atoms with Gasteiger partial charge >= 0.3 is 5.97 Å². The topological polar surface area (TPSA) is 95.5 Å². The van der Waals surface area contributed by atoms with E-state index in [0.717, 1.165) is 5.56 Å². The lowest BCUT2D eigenvalue weighted by Crippen LogP contribution is -2.40. The lowest BCUT2D eigenvalue weighted by atomic mass is 9.93. The lowest BCUT2D eigenvalue weighted by Gasteiger charge is -2.22. The summed E-state index contributed by atoms with van der Waals surface area (Å²) in [5.74, 6) is -1.59. The van der Waals surface area contributed by atoms with Crippen molar-refractivity contribution in [3.05, 3.63) is 71.8 Å². The summed E-state index contributed by atoms with van der Waals surface area (Å²) in [6.07, 6.45) is 0.0122. The zero-order valence-corrected chi connectivity index (χ0v) is 15.4. The van der Waals surface area contributed by atoms with Gasteiger partial charge in [-0.05, 0) is 31.5 Å². The van der Waals surface area contributed by atoms with E-state index in [0.29, 0.717) is 5.56 Å². The predicted octanol–water partition coefficient (Wildman–Crippen LogP) is 2.77. The SMILES string of the molecule is CC(C)(CNC(=O)CC(NC(=O)c1ccccc1)c1ccccc1)C(=O)O. The third-order valence-corrected chi connectivity index (χ3v) is 4.24. The van der Waals surface area contributed by atoms with E-state index in [4.69, 9.17) is 5.11 Å². The van der Waals surface area contributed by atoms with Gasteiger partial charge in [0, 0.05) is 12.1 Å². The number of hydrogen-bond donors (Lipinski definition) is 3. The van der Waals surface area contributed by atoms with Crippen molar-refractivity contribution in [3.63, 3.8) is 0 Å². The summed E-state index contributed by atoms with van der Waals surface area (Å²) in [5, 5.41) is 14.7. The fraction of sp³-hybridized carbons (Fsp3) is 0.286. The summed E-state index contributed by atoms with van der Waals surface area (Å²) >= 11 is 0. The Balaban J connectivity index is 2.08. The lowest BCUT2D eigenvalue weighted by molar-refractivity contribution is -0.146. The molecule has 0 fully saturated rings. The highest BCUT2D eigenvalue weighted by molar-refractivity contribution is 5.94. The minimum Gasteiger partial charge on any atom is -0.481 e. The normalized spacial score (nSPS) is 12.1. The van der Waals surface area contributed by atoms with Gasteiger partial charge in [0.25, 0.3) is 5.91 Å². The van der Waals surface area contributed by atoms with E-state index in [-0.39, 0.29) is 24.8 Å². The van der Waals surface area contributed by atoms with E-state index in [1.54, 1.807) is 38.1 Å². The molecule has 0 aliphatic heterocycles. The summed E-state index contributed by atoms with van der Waals surface area (Å²) in [6.45, 7) is 3.10. The second kappa shape index (κ2) is 8.98. The van der Waals surface area contributed by atoms with Gasteiger partial charge in [0.05, 0.1) is 17.9 Å². The van der Waals surface area contributed by atoms with Gasteiger partial charge in [0.15, 0.2) is 0 Å². The number of carboxylic acid groups (broad SMARTS) is 1. The maximum Gasteiger partial charge on any atom is 0.310 e. The summed E-state index contributed by atoms with van der Waals surface area (Å²) in [4.78, 5) is 36.0. The van der Waals surface area contributed by atoms with Crippen LogP contribution in [0.2, 0.25) is 0 Å². The molecule has 2 aromatic rings. The highest BCUT2D eigenvalue weighted by Crippen LogP contribution is 2.18. The number of carbonyl (C=O) groups is 3. The minimum atomic E-state index is -1.06. The first-order valence-electron chi connectivity index (χ1n) is 8.70. The molecule has 3 N–H and O–H groups in total. The minimum absolute atomic E-state index is 0.00923. The van der Waals surface area contributed by atoms with Crippen LogP contribution in [0.4, 0.5) is 0 Å². The molecule has 6 heteroatoms. The van der Waals surface area contributed by atoms with Crippen molar-refractivity contribution < 1.29 is 19.5 Å². The molecule has 0 saturated heterocycles. The zero-order valence-electron chi connectivity index (χ0n) is 15.4. The molecular formula is C21H24N2O4. The van der Waals surface area contributed by atoms with Crippen molar-refractivity contribution in [1.29, 1.82) is 0 Å². The summed E-state index contributed by atoms with van der Waals surface area (Å²) < 4.78 is 0. The van der Waals surface area contributed by atoms with Crippen molar-refractivity contribution in [2.24, 2.45) is 5.41 Å². The van der Waals surface area contributed by atoms with Crippen molar-refractivity contribution in [1.82, 2.24) is 10.6 Å². The molecule has 27 heavy (non-hydrogen) atoms. The van der Waals surface area contributed by atoms with Crippen molar-refractivity contribution >= 4 is 17.8 Å². The number of carbonyl (C=O) groups excluding carboxylic acids is 2. The molecule has 142 valence electrons. The Morgan fingerprint density at radius 3 is 2.07 bits per heavy atom. The Labute approximate surface area is 158 Å². The van der Waals surface area contributed by atoms with Gasteiger partial charge in [-0.2, -0.15) is 0 Å². The molecule has 2 amide bonds. The van der Waals surface area contributed by atoms with Gasteiger partial charge in [0.1, 0.15) is 0 Å². The molecule has 1 atom stereocenters. The number of amides is 2. The number of aliphatic carboxylic acids is 1. The number of hydrogen-bond acceptors (Lipinski definition) is 3. The molecule has 0 radical (unpaired) electrons. The van der Waals surface area contributed by atoms with Crippen LogP contribution in [0.25, 0.3) is 0 Å². The smallest absolute Gasteiger partial charge is 0.310 e. The van der Waals surface area contributed by atoms with Crippen molar-refractivity contribution in [2.75, 3.05) is 6.54 Å². The molecule has 1 unspecified atom stereocenters. The van der Waals surface area contributed by atoms with Crippen molar-refractivity contribution in [2.45, 2.75) is 26.3 Å². The van der Waals surface area contributed by atoms with Crippen LogP contribution < -0.4 is 10.6 Å². The largest absolute Gasteiger partial charge is 0.481 e. The van der Waals surface area contributed by atoms with Gasteiger partial charge in [0.2, 0.25) is 5.91 Å². The zero-order chi connectivity index (χ0) is 19.9. The standard InChI is InChI=1S/C21H24N2O4/c1-21(2,20(26)27)14-22-18(24)13-17(15-9-5-3-6-10-15)23-19(25)16-11-7-4-8-12-16/h3-12,17H,13-14H2,1-2H3,(H,22,24)(H,23,25)(H,26,27). The van der Waals surface area contributed by atoms with Crippen LogP contribution in [-0.2, 0) is 9.59 Å². The van der Waals surface area contributed by atoms with Crippen LogP contribution in [0.5, 0.6) is 0 Å². The van der Waals surface area contributed by atoms with E-state index in [1.807, 2.05) is 36.4 Å². The first kappa shape index (κ1) is 20.2. The molecular weight excluding hydrogens is 344 g/mol. The van der Waals surface area contributed by atoms with Crippen LogP contribution in [0, 0.1) is 5.41 Å². The highest BCUT2D eigenvalue weighted by atomic mass is 16.4. The predicted molar refractivity (Wildman–Crippen MR) is 102 cm³/mol. The highest BCUT2D eigenvalue weighted by Gasteiger charge is 2.28. The van der Waals surface area contributed by atoms with Crippen LogP contribution in [0.3, 0.4) is 0 Å². The Morgan fingerprint density at radius 1 is 0.963 bits per heavy atom. The third-order valence-electron chi connectivity index (χ3n) is 4.24.